The van der Waals surface area contributed by atoms with Gasteiger partial charge in [0.15, 0.2) is 6.10 Å². The number of aliphatic carboxylic acids is 1. The van der Waals surface area contributed by atoms with Crippen LogP contribution in [0.25, 0.3) is 0 Å². The molecule has 1 N–H and O–H groups in total. The number of carboxylic acid groups (broad SMARTS) is 1. The Morgan fingerprint density at radius 3 is 2.46 bits per heavy atom. The first-order chi connectivity index (χ1) is 6.22. The van der Waals surface area contributed by atoms with Gasteiger partial charge in [0.05, 0.1) is 5.60 Å². The summed E-state index contributed by atoms with van der Waals surface area (Å²) in [4.78, 5) is 10.7. The molecule has 3 nitrogen and oxygen atoms in total. The van der Waals surface area contributed by atoms with Gasteiger partial charge in [0.25, 0.3) is 0 Å². The summed E-state index contributed by atoms with van der Waals surface area (Å²) in [7, 11) is 0. The molecule has 2 aliphatic rings. The van der Waals surface area contributed by atoms with Gasteiger partial charge >= 0.3 is 5.97 Å². The smallest absolute Gasteiger partial charge is 0.332 e. The van der Waals surface area contributed by atoms with Crippen LogP contribution in [-0.2, 0) is 9.53 Å². The van der Waals surface area contributed by atoms with Crippen molar-refractivity contribution in [3.63, 3.8) is 0 Å². The summed E-state index contributed by atoms with van der Waals surface area (Å²) in [6.07, 6.45) is 6.94. The van der Waals surface area contributed by atoms with E-state index in [9.17, 15) is 4.79 Å². The van der Waals surface area contributed by atoms with Crippen molar-refractivity contribution in [2.24, 2.45) is 0 Å². The van der Waals surface area contributed by atoms with E-state index in [4.69, 9.17) is 9.84 Å². The van der Waals surface area contributed by atoms with E-state index in [0.717, 1.165) is 19.3 Å². The topological polar surface area (TPSA) is 46.5 Å². The predicted octanol–water partition coefficient (Wildman–Crippen LogP) is 1.95. The Kier molecular flexibility index (Phi) is 2.28. The Hall–Kier alpha value is -0.570. The second kappa shape index (κ2) is 3.29. The van der Waals surface area contributed by atoms with E-state index >= 15 is 0 Å². The Morgan fingerprint density at radius 1 is 1.23 bits per heavy atom. The minimum atomic E-state index is -0.789. The van der Waals surface area contributed by atoms with Crippen LogP contribution < -0.4 is 0 Å². The van der Waals surface area contributed by atoms with E-state index in [-0.39, 0.29) is 5.60 Å². The van der Waals surface area contributed by atoms with E-state index in [1.54, 1.807) is 0 Å². The molecular formula is C10H16O3. The molecule has 1 aliphatic heterocycles. The highest BCUT2D eigenvalue weighted by molar-refractivity contribution is 5.72. The molecule has 2 rings (SSSR count). The summed E-state index contributed by atoms with van der Waals surface area (Å²) in [5.41, 5.74) is -0.0543. The molecule has 1 aliphatic carbocycles. The van der Waals surface area contributed by atoms with Crippen LogP contribution in [0.1, 0.15) is 44.9 Å². The Morgan fingerprint density at radius 2 is 1.92 bits per heavy atom. The minimum absolute atomic E-state index is 0.0543. The lowest BCUT2D eigenvalue weighted by molar-refractivity contribution is -0.156. The van der Waals surface area contributed by atoms with Crippen LogP contribution in [0.5, 0.6) is 0 Å². The highest BCUT2D eigenvalue weighted by Gasteiger charge is 2.43. The normalized spacial score (nSPS) is 32.2. The van der Waals surface area contributed by atoms with Crippen molar-refractivity contribution < 1.29 is 14.6 Å². The minimum Gasteiger partial charge on any atom is -0.479 e. The highest BCUT2D eigenvalue weighted by Crippen LogP contribution is 2.41. The molecule has 0 radical (unpaired) electrons. The first-order valence-electron chi connectivity index (χ1n) is 5.13. The van der Waals surface area contributed by atoms with Crippen LogP contribution in [0.3, 0.4) is 0 Å². The molecule has 74 valence electrons. The predicted molar refractivity (Wildman–Crippen MR) is 47.6 cm³/mol. The van der Waals surface area contributed by atoms with Crippen molar-refractivity contribution in [3.8, 4) is 0 Å². The van der Waals surface area contributed by atoms with Crippen molar-refractivity contribution >= 4 is 5.97 Å². The Balaban J connectivity index is 1.98. The third-order valence-electron chi connectivity index (χ3n) is 3.29. The molecule has 1 spiro atoms. The lowest BCUT2D eigenvalue weighted by atomic mass is 9.83. The number of hydrogen-bond donors (Lipinski definition) is 1. The van der Waals surface area contributed by atoms with Gasteiger partial charge in [0.2, 0.25) is 0 Å². The number of hydrogen-bond acceptors (Lipinski definition) is 2. The molecule has 1 heterocycles. The van der Waals surface area contributed by atoms with Crippen LogP contribution in [0, 0.1) is 0 Å². The molecule has 0 aromatic heterocycles. The summed E-state index contributed by atoms with van der Waals surface area (Å²) in [6, 6.07) is 0. The fraction of sp³-hybridized carbons (Fsp3) is 0.900. The zero-order chi connectivity index (χ0) is 9.31. The monoisotopic (exact) mass is 184 g/mol. The van der Waals surface area contributed by atoms with Gasteiger partial charge in [0, 0.05) is 0 Å². The molecule has 0 amide bonds. The van der Waals surface area contributed by atoms with E-state index < -0.39 is 12.1 Å². The second-order valence-corrected chi connectivity index (χ2v) is 4.23. The third kappa shape index (κ3) is 1.70. The van der Waals surface area contributed by atoms with Gasteiger partial charge < -0.3 is 9.84 Å². The summed E-state index contributed by atoms with van der Waals surface area (Å²) >= 11 is 0. The Labute approximate surface area is 78.1 Å². The van der Waals surface area contributed by atoms with Crippen LogP contribution >= 0.6 is 0 Å². The van der Waals surface area contributed by atoms with E-state index in [0.29, 0.717) is 6.42 Å². The van der Waals surface area contributed by atoms with Crippen molar-refractivity contribution in [3.05, 3.63) is 0 Å². The van der Waals surface area contributed by atoms with E-state index in [1.807, 2.05) is 0 Å². The first-order valence-corrected chi connectivity index (χ1v) is 5.13. The maximum atomic E-state index is 10.7. The van der Waals surface area contributed by atoms with Crippen molar-refractivity contribution in [1.29, 1.82) is 0 Å². The SMILES string of the molecule is O=C(O)C1CCC2(CCCCC2)O1. The molecule has 1 atom stereocenters. The average molecular weight is 184 g/mol. The molecule has 0 aromatic carbocycles. The fourth-order valence-electron chi connectivity index (χ4n) is 2.55. The van der Waals surface area contributed by atoms with E-state index in [1.165, 1.54) is 19.3 Å². The summed E-state index contributed by atoms with van der Waals surface area (Å²) in [5, 5.41) is 8.80. The Bertz CT molecular complexity index is 206. The van der Waals surface area contributed by atoms with Crippen molar-refractivity contribution in [2.75, 3.05) is 0 Å². The molecule has 13 heavy (non-hydrogen) atoms. The highest BCUT2D eigenvalue weighted by atomic mass is 16.5. The maximum absolute atomic E-state index is 10.7. The third-order valence-corrected chi connectivity index (χ3v) is 3.29. The van der Waals surface area contributed by atoms with Crippen molar-refractivity contribution in [1.82, 2.24) is 0 Å². The summed E-state index contributed by atoms with van der Waals surface area (Å²) in [5.74, 6) is -0.789. The number of rotatable bonds is 1. The number of carbonyl (C=O) groups is 1. The molecule has 0 bridgehead atoms. The van der Waals surface area contributed by atoms with Crippen LogP contribution in [0.4, 0.5) is 0 Å². The maximum Gasteiger partial charge on any atom is 0.332 e. The number of ether oxygens (including phenoxy) is 1. The van der Waals surface area contributed by atoms with Gasteiger partial charge in [-0.3, -0.25) is 0 Å². The van der Waals surface area contributed by atoms with Crippen LogP contribution in [-0.4, -0.2) is 22.8 Å². The molecule has 1 saturated heterocycles. The second-order valence-electron chi connectivity index (χ2n) is 4.23. The van der Waals surface area contributed by atoms with Gasteiger partial charge in [-0.15, -0.1) is 0 Å². The lowest BCUT2D eigenvalue weighted by Crippen LogP contribution is -2.33. The van der Waals surface area contributed by atoms with Gasteiger partial charge in [-0.05, 0) is 25.7 Å². The molecule has 0 aromatic rings. The van der Waals surface area contributed by atoms with Gasteiger partial charge in [-0.2, -0.15) is 0 Å². The standard InChI is InChI=1S/C10H16O3/c11-9(12)8-4-7-10(13-8)5-2-1-3-6-10/h8H,1-7H2,(H,11,12). The molecule has 1 saturated carbocycles. The van der Waals surface area contributed by atoms with E-state index in [2.05, 4.69) is 0 Å². The molecule has 3 heteroatoms. The summed E-state index contributed by atoms with van der Waals surface area (Å²) < 4.78 is 5.65. The van der Waals surface area contributed by atoms with Crippen LogP contribution in [0.15, 0.2) is 0 Å². The van der Waals surface area contributed by atoms with Gasteiger partial charge in [-0.1, -0.05) is 19.3 Å². The quantitative estimate of drug-likeness (QED) is 0.677. The zero-order valence-electron chi connectivity index (χ0n) is 7.79. The van der Waals surface area contributed by atoms with Crippen molar-refractivity contribution in [2.45, 2.75) is 56.7 Å². The first kappa shape index (κ1) is 9.00. The average Bonchev–Trinajstić information content (AvgIpc) is 2.51. The zero-order valence-corrected chi connectivity index (χ0v) is 7.79. The van der Waals surface area contributed by atoms with Gasteiger partial charge in [-0.25, -0.2) is 4.79 Å². The lowest BCUT2D eigenvalue weighted by Gasteiger charge is -2.32. The largest absolute Gasteiger partial charge is 0.479 e. The number of carboxylic acids is 1. The van der Waals surface area contributed by atoms with Crippen LogP contribution in [0.2, 0.25) is 0 Å². The fourth-order valence-corrected chi connectivity index (χ4v) is 2.55. The molecule has 2 fully saturated rings. The molecular weight excluding hydrogens is 168 g/mol. The van der Waals surface area contributed by atoms with Gasteiger partial charge in [0.1, 0.15) is 0 Å². The summed E-state index contributed by atoms with van der Waals surface area (Å²) in [6.45, 7) is 0. The molecule has 1 unspecified atom stereocenters.